The summed E-state index contributed by atoms with van der Waals surface area (Å²) in [6.45, 7) is 5.96. The number of carbonyl (C=O) groups is 1. The first kappa shape index (κ1) is 13.1. The van der Waals surface area contributed by atoms with Crippen LogP contribution in [-0.2, 0) is 16.1 Å². The Labute approximate surface area is 108 Å². The van der Waals surface area contributed by atoms with Gasteiger partial charge in [0.25, 0.3) is 0 Å². The number of esters is 1. The maximum atomic E-state index is 11.9. The number of ether oxygens (including phenoxy) is 1. The van der Waals surface area contributed by atoms with Crippen LogP contribution >= 0.6 is 0 Å². The van der Waals surface area contributed by atoms with Gasteiger partial charge < -0.3 is 10.1 Å². The molecule has 4 nitrogen and oxygen atoms in total. The molecule has 18 heavy (non-hydrogen) atoms. The van der Waals surface area contributed by atoms with E-state index < -0.39 is 0 Å². The van der Waals surface area contributed by atoms with Gasteiger partial charge in [-0.2, -0.15) is 0 Å². The molecule has 1 heterocycles. The van der Waals surface area contributed by atoms with E-state index in [-0.39, 0.29) is 12.0 Å². The van der Waals surface area contributed by atoms with E-state index in [0.29, 0.717) is 6.61 Å². The van der Waals surface area contributed by atoms with Crippen molar-refractivity contribution in [2.45, 2.75) is 19.6 Å². The Bertz CT molecular complexity index is 375. The molecule has 1 aromatic rings. The average molecular weight is 248 g/mol. The topological polar surface area (TPSA) is 41.6 Å². The molecule has 2 rings (SSSR count). The Morgan fingerprint density at radius 1 is 1.33 bits per heavy atom. The molecule has 1 fully saturated rings. The highest BCUT2D eigenvalue weighted by atomic mass is 16.5. The van der Waals surface area contributed by atoms with Gasteiger partial charge in [-0.05, 0) is 12.5 Å². The molecular formula is C14H20N2O2. The Balaban J connectivity index is 1.80. The fourth-order valence-electron chi connectivity index (χ4n) is 2.07. The van der Waals surface area contributed by atoms with Gasteiger partial charge in [0.15, 0.2) is 0 Å². The van der Waals surface area contributed by atoms with E-state index in [0.717, 1.165) is 31.7 Å². The fraction of sp³-hybridized carbons (Fsp3) is 0.500. The first-order valence-corrected chi connectivity index (χ1v) is 6.42. The number of rotatable bonds is 4. The van der Waals surface area contributed by atoms with E-state index in [9.17, 15) is 4.79 Å². The molecule has 1 unspecified atom stereocenters. The number of benzene rings is 1. The summed E-state index contributed by atoms with van der Waals surface area (Å²) in [7, 11) is 0. The first-order chi connectivity index (χ1) is 8.77. The Hall–Kier alpha value is -1.39. The zero-order valence-electron chi connectivity index (χ0n) is 10.8. The van der Waals surface area contributed by atoms with E-state index in [1.807, 2.05) is 37.3 Å². The minimum absolute atomic E-state index is 0.138. The van der Waals surface area contributed by atoms with E-state index in [4.69, 9.17) is 4.74 Å². The standard InChI is InChI=1S/C14H20N2O2/c1-12(16-9-7-15-8-10-16)14(17)18-11-13-5-3-2-4-6-13/h2-6,12,15H,7-11H2,1H3. The summed E-state index contributed by atoms with van der Waals surface area (Å²) >= 11 is 0. The largest absolute Gasteiger partial charge is 0.460 e. The first-order valence-electron chi connectivity index (χ1n) is 6.42. The Kier molecular flexibility index (Phi) is 4.73. The van der Waals surface area contributed by atoms with Crippen LogP contribution in [0.5, 0.6) is 0 Å². The van der Waals surface area contributed by atoms with Crippen LogP contribution in [0.1, 0.15) is 12.5 Å². The molecule has 0 radical (unpaired) electrons. The molecule has 98 valence electrons. The highest BCUT2D eigenvalue weighted by molar-refractivity contribution is 5.75. The van der Waals surface area contributed by atoms with Crippen molar-refractivity contribution in [2.75, 3.05) is 26.2 Å². The van der Waals surface area contributed by atoms with Crippen LogP contribution in [0.15, 0.2) is 30.3 Å². The smallest absolute Gasteiger partial charge is 0.323 e. The van der Waals surface area contributed by atoms with Crippen molar-refractivity contribution in [1.82, 2.24) is 10.2 Å². The normalized spacial score (nSPS) is 18.3. The molecular weight excluding hydrogens is 228 g/mol. The number of hydrogen-bond acceptors (Lipinski definition) is 4. The molecule has 0 spiro atoms. The fourth-order valence-corrected chi connectivity index (χ4v) is 2.07. The third kappa shape index (κ3) is 3.55. The van der Waals surface area contributed by atoms with Crippen LogP contribution in [-0.4, -0.2) is 43.1 Å². The number of nitrogens with zero attached hydrogens (tertiary/aromatic N) is 1. The van der Waals surface area contributed by atoms with Gasteiger partial charge in [-0.1, -0.05) is 30.3 Å². The minimum atomic E-state index is -0.157. The van der Waals surface area contributed by atoms with Gasteiger partial charge in [0.2, 0.25) is 0 Å². The molecule has 1 aromatic carbocycles. The third-order valence-electron chi connectivity index (χ3n) is 3.26. The zero-order chi connectivity index (χ0) is 12.8. The summed E-state index contributed by atoms with van der Waals surface area (Å²) in [6.07, 6.45) is 0. The maximum Gasteiger partial charge on any atom is 0.323 e. The highest BCUT2D eigenvalue weighted by Gasteiger charge is 2.23. The number of nitrogens with one attached hydrogen (secondary N) is 1. The second-order valence-electron chi connectivity index (χ2n) is 4.56. The molecule has 0 bridgehead atoms. The lowest BCUT2D eigenvalue weighted by atomic mass is 10.2. The Morgan fingerprint density at radius 2 is 2.00 bits per heavy atom. The molecule has 1 aliphatic rings. The van der Waals surface area contributed by atoms with E-state index >= 15 is 0 Å². The van der Waals surface area contributed by atoms with Gasteiger partial charge in [0.05, 0.1) is 0 Å². The average Bonchev–Trinajstić information content (AvgIpc) is 2.46. The summed E-state index contributed by atoms with van der Waals surface area (Å²) in [5.74, 6) is -0.138. The van der Waals surface area contributed by atoms with Crippen LogP contribution in [0.4, 0.5) is 0 Å². The van der Waals surface area contributed by atoms with Crippen LogP contribution in [0, 0.1) is 0 Å². The van der Waals surface area contributed by atoms with Crippen molar-refractivity contribution < 1.29 is 9.53 Å². The molecule has 1 saturated heterocycles. The second-order valence-corrected chi connectivity index (χ2v) is 4.56. The van der Waals surface area contributed by atoms with Gasteiger partial charge in [-0.3, -0.25) is 9.69 Å². The summed E-state index contributed by atoms with van der Waals surface area (Å²) < 4.78 is 5.34. The zero-order valence-corrected chi connectivity index (χ0v) is 10.8. The predicted octanol–water partition coefficient (Wildman–Crippen LogP) is 1.02. The summed E-state index contributed by atoms with van der Waals surface area (Å²) in [5, 5.41) is 3.27. The van der Waals surface area contributed by atoms with Crippen LogP contribution in [0.3, 0.4) is 0 Å². The lowest BCUT2D eigenvalue weighted by molar-refractivity contribution is -0.151. The van der Waals surface area contributed by atoms with Crippen molar-refractivity contribution in [3.05, 3.63) is 35.9 Å². The van der Waals surface area contributed by atoms with Crippen molar-refractivity contribution in [1.29, 1.82) is 0 Å². The van der Waals surface area contributed by atoms with Crippen molar-refractivity contribution >= 4 is 5.97 Å². The van der Waals surface area contributed by atoms with E-state index in [1.54, 1.807) is 0 Å². The quantitative estimate of drug-likeness (QED) is 0.808. The molecule has 1 N–H and O–H groups in total. The van der Waals surface area contributed by atoms with Gasteiger partial charge in [0, 0.05) is 26.2 Å². The summed E-state index contributed by atoms with van der Waals surface area (Å²) in [5.41, 5.74) is 1.03. The second kappa shape index (κ2) is 6.52. The molecule has 0 amide bonds. The number of carbonyl (C=O) groups excluding carboxylic acids is 1. The summed E-state index contributed by atoms with van der Waals surface area (Å²) in [6, 6.07) is 9.61. The number of piperazine rings is 1. The van der Waals surface area contributed by atoms with E-state index in [1.165, 1.54) is 0 Å². The Morgan fingerprint density at radius 3 is 2.67 bits per heavy atom. The minimum Gasteiger partial charge on any atom is -0.460 e. The molecule has 4 heteroatoms. The predicted molar refractivity (Wildman–Crippen MR) is 70.1 cm³/mol. The summed E-state index contributed by atoms with van der Waals surface area (Å²) in [4.78, 5) is 14.1. The monoisotopic (exact) mass is 248 g/mol. The van der Waals surface area contributed by atoms with Gasteiger partial charge in [0.1, 0.15) is 12.6 Å². The maximum absolute atomic E-state index is 11.9. The van der Waals surface area contributed by atoms with Crippen molar-refractivity contribution in [3.63, 3.8) is 0 Å². The van der Waals surface area contributed by atoms with Crippen molar-refractivity contribution in [2.24, 2.45) is 0 Å². The molecule has 1 atom stereocenters. The van der Waals surface area contributed by atoms with Gasteiger partial charge in [-0.15, -0.1) is 0 Å². The van der Waals surface area contributed by atoms with Crippen molar-refractivity contribution in [3.8, 4) is 0 Å². The van der Waals surface area contributed by atoms with Gasteiger partial charge in [-0.25, -0.2) is 0 Å². The highest BCUT2D eigenvalue weighted by Crippen LogP contribution is 2.06. The van der Waals surface area contributed by atoms with Gasteiger partial charge >= 0.3 is 5.97 Å². The van der Waals surface area contributed by atoms with Crippen LogP contribution in [0.2, 0.25) is 0 Å². The van der Waals surface area contributed by atoms with Crippen LogP contribution < -0.4 is 5.32 Å². The lowest BCUT2D eigenvalue weighted by Crippen LogP contribution is -2.50. The number of hydrogen-bond donors (Lipinski definition) is 1. The molecule has 0 aromatic heterocycles. The SMILES string of the molecule is CC(C(=O)OCc1ccccc1)N1CCNCC1. The molecule has 0 saturated carbocycles. The lowest BCUT2D eigenvalue weighted by Gasteiger charge is -2.31. The van der Waals surface area contributed by atoms with Crippen LogP contribution in [0.25, 0.3) is 0 Å². The van der Waals surface area contributed by atoms with E-state index in [2.05, 4.69) is 10.2 Å². The third-order valence-corrected chi connectivity index (χ3v) is 3.26. The molecule has 1 aliphatic heterocycles. The molecule has 0 aliphatic carbocycles.